The summed E-state index contributed by atoms with van der Waals surface area (Å²) in [5.41, 5.74) is 1.92. The predicted molar refractivity (Wildman–Crippen MR) is 118 cm³/mol. The number of furan rings is 1. The number of piperazine rings is 1. The molecule has 2 heterocycles. The first-order chi connectivity index (χ1) is 15.3. The van der Waals surface area contributed by atoms with Crippen LogP contribution < -0.4 is 4.83 Å². The molecule has 1 aromatic carbocycles. The van der Waals surface area contributed by atoms with Crippen LogP contribution in [0.5, 0.6) is 0 Å². The van der Waals surface area contributed by atoms with Gasteiger partial charge >= 0.3 is 0 Å². The second-order valence-corrected chi connectivity index (χ2v) is 9.70. The Morgan fingerprint density at radius 3 is 2.50 bits per heavy atom. The van der Waals surface area contributed by atoms with E-state index in [0.29, 0.717) is 54.3 Å². The van der Waals surface area contributed by atoms with Gasteiger partial charge in [0.05, 0.1) is 10.6 Å². The Morgan fingerprint density at radius 2 is 1.84 bits per heavy atom. The van der Waals surface area contributed by atoms with Crippen LogP contribution in [0, 0.1) is 12.7 Å². The molecule has 0 unspecified atom stereocenters. The highest BCUT2D eigenvalue weighted by atomic mass is 32.2. The van der Waals surface area contributed by atoms with E-state index in [2.05, 4.69) is 21.8 Å². The highest BCUT2D eigenvalue weighted by molar-refractivity contribution is 7.89. The number of fused-ring (bicyclic) bond motifs is 1. The zero-order chi connectivity index (χ0) is 22.9. The number of hydrazone groups is 1. The fraction of sp³-hybridized carbons (Fsp3) is 0.455. The Kier molecular flexibility index (Phi) is 6.34. The van der Waals surface area contributed by atoms with Crippen LogP contribution in [0.3, 0.4) is 0 Å². The number of carbonyl (C=O) groups excluding carboxylic acids is 1. The van der Waals surface area contributed by atoms with Crippen molar-refractivity contribution in [2.45, 2.75) is 38.0 Å². The van der Waals surface area contributed by atoms with Gasteiger partial charge in [0, 0.05) is 43.7 Å². The number of sulfonamides is 1. The molecule has 0 spiro atoms. The summed E-state index contributed by atoms with van der Waals surface area (Å²) in [4.78, 5) is 19.4. The van der Waals surface area contributed by atoms with E-state index in [1.807, 2.05) is 6.92 Å². The minimum absolute atomic E-state index is 0.0784. The minimum atomic E-state index is -3.94. The van der Waals surface area contributed by atoms with Gasteiger partial charge in [-0.05, 0) is 50.6 Å². The lowest BCUT2D eigenvalue weighted by Crippen LogP contribution is -2.48. The first-order valence-corrected chi connectivity index (χ1v) is 12.3. The molecule has 0 bridgehead atoms. The minimum Gasteiger partial charge on any atom is -0.455 e. The van der Waals surface area contributed by atoms with Gasteiger partial charge in [0.2, 0.25) is 0 Å². The predicted octanol–water partition coefficient (Wildman–Crippen LogP) is 2.52. The standard InChI is InChI=1S/C22H27FN4O4S/c1-3-26-11-13-27(14-12-26)22(28)21-15(2)20-18(5-4-6-19(20)31-21)24-25-32(29,30)17-9-7-16(23)8-10-17/h7-10,25H,3-6,11-14H2,1-2H3/b24-18+. The average molecular weight is 463 g/mol. The summed E-state index contributed by atoms with van der Waals surface area (Å²) in [6, 6.07) is 4.53. The summed E-state index contributed by atoms with van der Waals surface area (Å²) in [5.74, 6) is 0.299. The van der Waals surface area contributed by atoms with Crippen LogP contribution in [0.25, 0.3) is 0 Å². The number of halogens is 1. The summed E-state index contributed by atoms with van der Waals surface area (Å²) in [5, 5.41) is 4.16. The summed E-state index contributed by atoms with van der Waals surface area (Å²) in [6.07, 6.45) is 1.96. The maximum atomic E-state index is 13.1. The van der Waals surface area contributed by atoms with Crippen LogP contribution in [-0.2, 0) is 16.4 Å². The lowest BCUT2D eigenvalue weighted by atomic mass is 9.93. The fourth-order valence-electron chi connectivity index (χ4n) is 4.18. The molecular weight excluding hydrogens is 435 g/mol. The molecule has 1 aromatic heterocycles. The Balaban J connectivity index is 1.57. The lowest BCUT2D eigenvalue weighted by Gasteiger charge is -2.33. The van der Waals surface area contributed by atoms with Gasteiger partial charge in [0.15, 0.2) is 5.76 Å². The van der Waals surface area contributed by atoms with Crippen molar-refractivity contribution in [1.82, 2.24) is 14.6 Å². The second kappa shape index (κ2) is 9.03. The van der Waals surface area contributed by atoms with E-state index >= 15 is 0 Å². The molecule has 2 aromatic rings. The number of benzene rings is 1. The molecule has 1 amide bonds. The molecule has 0 saturated carbocycles. The Bertz CT molecular complexity index is 1130. The van der Waals surface area contributed by atoms with Crippen LogP contribution >= 0.6 is 0 Å². The topological polar surface area (TPSA) is 95.2 Å². The summed E-state index contributed by atoms with van der Waals surface area (Å²) < 4.78 is 44.1. The highest BCUT2D eigenvalue weighted by Crippen LogP contribution is 2.31. The molecule has 8 nitrogen and oxygen atoms in total. The van der Waals surface area contributed by atoms with Crippen LogP contribution in [0.1, 0.15) is 47.2 Å². The summed E-state index contributed by atoms with van der Waals surface area (Å²) >= 11 is 0. The van der Waals surface area contributed by atoms with Crippen molar-refractivity contribution in [3.8, 4) is 0 Å². The van der Waals surface area contributed by atoms with Gasteiger partial charge in [-0.25, -0.2) is 4.39 Å². The van der Waals surface area contributed by atoms with Crippen LogP contribution in [0.2, 0.25) is 0 Å². The normalized spacial score (nSPS) is 18.6. The number of nitrogens with zero attached hydrogens (tertiary/aromatic N) is 3. The summed E-state index contributed by atoms with van der Waals surface area (Å²) in [6.45, 7) is 7.84. The van der Waals surface area contributed by atoms with Crippen molar-refractivity contribution in [3.05, 3.63) is 52.7 Å². The monoisotopic (exact) mass is 462 g/mol. The number of amides is 1. The number of nitrogens with one attached hydrogen (secondary N) is 1. The molecule has 4 rings (SSSR count). The van der Waals surface area contributed by atoms with E-state index in [9.17, 15) is 17.6 Å². The van der Waals surface area contributed by atoms with Gasteiger partial charge in [-0.2, -0.15) is 18.4 Å². The Morgan fingerprint density at radius 1 is 1.16 bits per heavy atom. The third-order valence-electron chi connectivity index (χ3n) is 6.05. The van der Waals surface area contributed by atoms with Crippen molar-refractivity contribution in [2.24, 2.45) is 5.10 Å². The van der Waals surface area contributed by atoms with Crippen molar-refractivity contribution >= 4 is 21.6 Å². The Labute approximate surface area is 187 Å². The molecule has 1 aliphatic heterocycles. The largest absolute Gasteiger partial charge is 0.455 e. The molecule has 1 saturated heterocycles. The van der Waals surface area contributed by atoms with Crippen molar-refractivity contribution < 1.29 is 22.0 Å². The van der Waals surface area contributed by atoms with Crippen LogP contribution in [-0.4, -0.2) is 62.6 Å². The molecule has 0 atom stereocenters. The van der Waals surface area contributed by atoms with E-state index in [4.69, 9.17) is 4.42 Å². The molecule has 2 aliphatic rings. The third kappa shape index (κ3) is 4.42. The molecule has 32 heavy (non-hydrogen) atoms. The van der Waals surface area contributed by atoms with Crippen molar-refractivity contribution in [2.75, 3.05) is 32.7 Å². The van der Waals surface area contributed by atoms with E-state index < -0.39 is 15.8 Å². The van der Waals surface area contributed by atoms with Gasteiger partial charge in [-0.3, -0.25) is 4.79 Å². The second-order valence-electron chi connectivity index (χ2n) is 8.04. The number of aryl methyl sites for hydroxylation is 1. The average Bonchev–Trinajstić information content (AvgIpc) is 3.14. The Hall–Kier alpha value is -2.72. The first-order valence-electron chi connectivity index (χ1n) is 10.8. The molecule has 0 radical (unpaired) electrons. The van der Waals surface area contributed by atoms with Crippen molar-refractivity contribution in [1.29, 1.82) is 0 Å². The quantitative estimate of drug-likeness (QED) is 0.689. The molecular formula is C22H27FN4O4S. The van der Waals surface area contributed by atoms with E-state index in [1.54, 1.807) is 4.90 Å². The first kappa shape index (κ1) is 22.5. The van der Waals surface area contributed by atoms with Crippen LogP contribution in [0.4, 0.5) is 4.39 Å². The molecule has 1 fully saturated rings. The number of rotatable bonds is 5. The van der Waals surface area contributed by atoms with Gasteiger partial charge in [-0.1, -0.05) is 6.92 Å². The number of likely N-dealkylation sites (N-methyl/N-ethyl adjacent to an activating group) is 1. The van der Waals surface area contributed by atoms with Crippen molar-refractivity contribution in [3.63, 3.8) is 0 Å². The number of hydrogen-bond donors (Lipinski definition) is 1. The number of carbonyl (C=O) groups is 1. The number of hydrogen-bond acceptors (Lipinski definition) is 6. The maximum absolute atomic E-state index is 13.1. The maximum Gasteiger partial charge on any atom is 0.289 e. The van der Waals surface area contributed by atoms with Gasteiger partial charge in [0.25, 0.3) is 15.9 Å². The highest BCUT2D eigenvalue weighted by Gasteiger charge is 2.31. The van der Waals surface area contributed by atoms with Gasteiger partial charge in [0.1, 0.15) is 11.6 Å². The molecule has 10 heteroatoms. The SMILES string of the molecule is CCN1CCN(C(=O)c2oc3c(c2C)/C(=N/NS(=O)(=O)c2ccc(F)cc2)CCC3)CC1. The fourth-order valence-corrected chi connectivity index (χ4v) is 5.01. The molecule has 172 valence electrons. The zero-order valence-corrected chi connectivity index (χ0v) is 19.0. The molecule has 1 N–H and O–H groups in total. The van der Waals surface area contributed by atoms with Gasteiger partial charge < -0.3 is 14.2 Å². The summed E-state index contributed by atoms with van der Waals surface area (Å²) in [7, 11) is -3.94. The van der Waals surface area contributed by atoms with E-state index in [-0.39, 0.29) is 10.8 Å². The van der Waals surface area contributed by atoms with Crippen LogP contribution in [0.15, 0.2) is 38.7 Å². The van der Waals surface area contributed by atoms with Gasteiger partial charge in [-0.15, -0.1) is 0 Å². The van der Waals surface area contributed by atoms with E-state index in [0.717, 1.165) is 38.2 Å². The lowest BCUT2D eigenvalue weighted by molar-refractivity contribution is 0.0609. The third-order valence-corrected chi connectivity index (χ3v) is 7.28. The zero-order valence-electron chi connectivity index (χ0n) is 18.2. The van der Waals surface area contributed by atoms with E-state index in [1.165, 1.54) is 12.1 Å². The smallest absolute Gasteiger partial charge is 0.289 e. The molecule has 1 aliphatic carbocycles.